The molecule has 1 aromatic rings. The third kappa shape index (κ3) is 2.71. The molecule has 1 heterocycles. The summed E-state index contributed by atoms with van der Waals surface area (Å²) in [6.45, 7) is 6.79. The lowest BCUT2D eigenvalue weighted by molar-refractivity contribution is -0.132. The zero-order chi connectivity index (χ0) is 15.0. The lowest BCUT2D eigenvalue weighted by atomic mass is 9.91. The molecule has 1 saturated heterocycles. The van der Waals surface area contributed by atoms with E-state index in [-0.39, 0.29) is 18.1 Å². The second-order valence-corrected chi connectivity index (χ2v) is 7.24. The van der Waals surface area contributed by atoms with Crippen molar-refractivity contribution in [3.8, 4) is 0 Å². The number of hydrogen-bond acceptors (Lipinski definition) is 2. The van der Waals surface area contributed by atoms with Crippen molar-refractivity contribution in [1.29, 1.82) is 0 Å². The van der Waals surface area contributed by atoms with Crippen LogP contribution in [0.5, 0.6) is 0 Å². The Morgan fingerprint density at radius 1 is 1.29 bits per heavy atom. The first kappa shape index (κ1) is 14.6. The standard InChI is InChI=1S/C18H26N2O/c1-4-15-19-16(13-8-6-5-7-9-13)17(21)20(15)14-10-11-18(2,3)12-14/h5-9,14-16,19H,4,10-12H2,1-3H3. The van der Waals surface area contributed by atoms with E-state index in [1.807, 2.05) is 30.3 Å². The van der Waals surface area contributed by atoms with Crippen molar-refractivity contribution >= 4 is 5.91 Å². The van der Waals surface area contributed by atoms with Gasteiger partial charge in [0.25, 0.3) is 0 Å². The van der Waals surface area contributed by atoms with E-state index >= 15 is 0 Å². The molecule has 3 atom stereocenters. The highest BCUT2D eigenvalue weighted by Gasteiger charge is 2.45. The van der Waals surface area contributed by atoms with Gasteiger partial charge in [-0.25, -0.2) is 0 Å². The highest BCUT2D eigenvalue weighted by Crippen LogP contribution is 2.42. The Bertz CT molecular complexity index is 511. The summed E-state index contributed by atoms with van der Waals surface area (Å²) in [6, 6.07) is 10.3. The summed E-state index contributed by atoms with van der Waals surface area (Å²) < 4.78 is 0. The molecule has 2 fully saturated rings. The Balaban J connectivity index is 1.82. The second-order valence-electron chi connectivity index (χ2n) is 7.24. The van der Waals surface area contributed by atoms with Crippen molar-refractivity contribution in [2.75, 3.05) is 0 Å². The summed E-state index contributed by atoms with van der Waals surface area (Å²) in [5.41, 5.74) is 1.45. The Morgan fingerprint density at radius 3 is 2.57 bits per heavy atom. The third-order valence-corrected chi connectivity index (χ3v) is 5.05. The topological polar surface area (TPSA) is 32.3 Å². The summed E-state index contributed by atoms with van der Waals surface area (Å²) in [5, 5.41) is 3.54. The third-order valence-electron chi connectivity index (χ3n) is 5.05. The summed E-state index contributed by atoms with van der Waals surface area (Å²) in [7, 11) is 0. The molecule has 3 nitrogen and oxygen atoms in total. The molecular weight excluding hydrogens is 260 g/mol. The van der Waals surface area contributed by atoms with Gasteiger partial charge in [-0.3, -0.25) is 10.1 Å². The second kappa shape index (κ2) is 5.45. The van der Waals surface area contributed by atoms with Crippen LogP contribution in [-0.4, -0.2) is 23.0 Å². The van der Waals surface area contributed by atoms with Gasteiger partial charge in [0.2, 0.25) is 5.91 Å². The van der Waals surface area contributed by atoms with E-state index < -0.39 is 0 Å². The summed E-state index contributed by atoms with van der Waals surface area (Å²) in [5.74, 6) is 0.260. The molecular formula is C18H26N2O. The van der Waals surface area contributed by atoms with Crippen LogP contribution in [0.4, 0.5) is 0 Å². The molecule has 2 aliphatic rings. The maximum atomic E-state index is 12.9. The van der Waals surface area contributed by atoms with Crippen LogP contribution >= 0.6 is 0 Å². The first-order chi connectivity index (χ1) is 10.0. The van der Waals surface area contributed by atoms with E-state index in [4.69, 9.17) is 0 Å². The monoisotopic (exact) mass is 286 g/mol. The van der Waals surface area contributed by atoms with Crippen molar-refractivity contribution in [1.82, 2.24) is 10.2 Å². The van der Waals surface area contributed by atoms with E-state index in [2.05, 4.69) is 31.0 Å². The van der Waals surface area contributed by atoms with E-state index in [0.29, 0.717) is 11.5 Å². The molecule has 1 N–H and O–H groups in total. The summed E-state index contributed by atoms with van der Waals surface area (Å²) in [6.07, 6.45) is 4.62. The predicted molar refractivity (Wildman–Crippen MR) is 84.7 cm³/mol. The minimum Gasteiger partial charge on any atom is -0.322 e. The fourth-order valence-electron chi connectivity index (χ4n) is 3.92. The molecule has 0 radical (unpaired) electrons. The molecule has 21 heavy (non-hydrogen) atoms. The van der Waals surface area contributed by atoms with Crippen LogP contribution in [0.15, 0.2) is 30.3 Å². The number of hydrogen-bond donors (Lipinski definition) is 1. The average molecular weight is 286 g/mol. The maximum absolute atomic E-state index is 12.9. The van der Waals surface area contributed by atoms with E-state index in [9.17, 15) is 4.79 Å². The van der Waals surface area contributed by atoms with E-state index in [1.165, 1.54) is 6.42 Å². The number of amides is 1. The zero-order valence-electron chi connectivity index (χ0n) is 13.3. The summed E-state index contributed by atoms with van der Waals surface area (Å²) >= 11 is 0. The van der Waals surface area contributed by atoms with Gasteiger partial charge < -0.3 is 4.90 Å². The zero-order valence-corrected chi connectivity index (χ0v) is 13.3. The van der Waals surface area contributed by atoms with Gasteiger partial charge in [-0.15, -0.1) is 0 Å². The molecule has 3 heteroatoms. The fraction of sp³-hybridized carbons (Fsp3) is 0.611. The first-order valence-corrected chi connectivity index (χ1v) is 8.15. The van der Waals surface area contributed by atoms with Crippen LogP contribution in [0.3, 0.4) is 0 Å². The Hall–Kier alpha value is -1.35. The number of nitrogens with zero attached hydrogens (tertiary/aromatic N) is 1. The number of carbonyl (C=O) groups is 1. The lowest BCUT2D eigenvalue weighted by Gasteiger charge is -2.30. The Morgan fingerprint density at radius 2 is 2.00 bits per heavy atom. The van der Waals surface area contributed by atoms with E-state index in [0.717, 1.165) is 24.8 Å². The Kier molecular flexibility index (Phi) is 3.78. The van der Waals surface area contributed by atoms with Crippen molar-refractivity contribution in [2.45, 2.75) is 64.7 Å². The highest BCUT2D eigenvalue weighted by atomic mass is 16.2. The quantitative estimate of drug-likeness (QED) is 0.922. The van der Waals surface area contributed by atoms with Gasteiger partial charge >= 0.3 is 0 Å². The fourth-order valence-corrected chi connectivity index (χ4v) is 3.92. The predicted octanol–water partition coefficient (Wildman–Crippen LogP) is 3.47. The summed E-state index contributed by atoms with van der Waals surface area (Å²) in [4.78, 5) is 15.1. The highest BCUT2D eigenvalue weighted by molar-refractivity contribution is 5.86. The number of carbonyl (C=O) groups excluding carboxylic acids is 1. The lowest BCUT2D eigenvalue weighted by Crippen LogP contribution is -2.43. The SMILES string of the molecule is CCC1NC(c2ccccc2)C(=O)N1C1CCC(C)(C)C1. The maximum Gasteiger partial charge on any atom is 0.245 e. The molecule has 1 aliphatic carbocycles. The minimum absolute atomic E-state index is 0.167. The minimum atomic E-state index is -0.167. The molecule has 0 aromatic heterocycles. The van der Waals surface area contributed by atoms with Crippen molar-refractivity contribution < 1.29 is 4.79 Å². The van der Waals surface area contributed by atoms with Gasteiger partial charge in [0.15, 0.2) is 0 Å². The molecule has 1 aromatic carbocycles. The van der Waals surface area contributed by atoms with Crippen molar-refractivity contribution in [3.63, 3.8) is 0 Å². The molecule has 1 aliphatic heterocycles. The van der Waals surface area contributed by atoms with Crippen LogP contribution in [-0.2, 0) is 4.79 Å². The molecule has 3 rings (SSSR count). The van der Waals surface area contributed by atoms with Crippen LogP contribution in [0.1, 0.15) is 58.1 Å². The van der Waals surface area contributed by atoms with E-state index in [1.54, 1.807) is 0 Å². The molecule has 0 bridgehead atoms. The van der Waals surface area contributed by atoms with Crippen LogP contribution in [0, 0.1) is 5.41 Å². The van der Waals surface area contributed by atoms with Gasteiger partial charge in [0, 0.05) is 6.04 Å². The van der Waals surface area contributed by atoms with Crippen LogP contribution in [0.2, 0.25) is 0 Å². The molecule has 1 amide bonds. The van der Waals surface area contributed by atoms with Gasteiger partial charge in [0.1, 0.15) is 6.04 Å². The van der Waals surface area contributed by atoms with Crippen molar-refractivity contribution in [3.05, 3.63) is 35.9 Å². The molecule has 114 valence electrons. The van der Waals surface area contributed by atoms with Gasteiger partial charge in [-0.2, -0.15) is 0 Å². The normalized spacial score (nSPS) is 31.9. The van der Waals surface area contributed by atoms with Crippen LogP contribution in [0.25, 0.3) is 0 Å². The molecule has 3 unspecified atom stereocenters. The van der Waals surface area contributed by atoms with Crippen LogP contribution < -0.4 is 5.32 Å². The van der Waals surface area contributed by atoms with Gasteiger partial charge in [0.05, 0.1) is 6.17 Å². The van der Waals surface area contributed by atoms with Crippen molar-refractivity contribution in [2.24, 2.45) is 5.41 Å². The van der Waals surface area contributed by atoms with Gasteiger partial charge in [-0.05, 0) is 36.7 Å². The Labute approximate surface area is 127 Å². The number of benzene rings is 1. The average Bonchev–Trinajstić information content (AvgIpc) is 2.99. The number of rotatable bonds is 3. The smallest absolute Gasteiger partial charge is 0.245 e. The largest absolute Gasteiger partial charge is 0.322 e. The first-order valence-electron chi connectivity index (χ1n) is 8.15. The molecule has 1 saturated carbocycles. The number of nitrogens with one attached hydrogen (secondary N) is 1. The van der Waals surface area contributed by atoms with Gasteiger partial charge in [-0.1, -0.05) is 51.1 Å². The molecule has 0 spiro atoms.